The molecule has 0 radical (unpaired) electrons. The standard InChI is InChI=1S/C13H16N4O4/c1-2-14-6-10(18)7-16-8-15-12-4-3-9(17(20)21)5-11(12)13(16)19/h3-5,8,10,14,18H,2,6-7H2,1H3. The number of nitrogens with one attached hydrogen (secondary N) is 1. The van der Waals surface area contributed by atoms with Gasteiger partial charge in [0.1, 0.15) is 0 Å². The number of aromatic nitrogens is 2. The molecule has 0 saturated carbocycles. The summed E-state index contributed by atoms with van der Waals surface area (Å²) in [5.74, 6) is 0. The Morgan fingerprint density at radius 2 is 2.29 bits per heavy atom. The van der Waals surface area contributed by atoms with Gasteiger partial charge in [0.05, 0.1) is 34.8 Å². The van der Waals surface area contributed by atoms with Crippen LogP contribution in [0.25, 0.3) is 10.9 Å². The summed E-state index contributed by atoms with van der Waals surface area (Å²) in [6, 6.07) is 3.95. The second-order valence-electron chi connectivity index (χ2n) is 4.62. The highest BCUT2D eigenvalue weighted by Gasteiger charge is 2.12. The second kappa shape index (κ2) is 6.42. The van der Waals surface area contributed by atoms with Gasteiger partial charge in [-0.05, 0) is 12.6 Å². The number of hydrogen-bond donors (Lipinski definition) is 2. The summed E-state index contributed by atoms with van der Waals surface area (Å²) in [6.45, 7) is 3.07. The van der Waals surface area contributed by atoms with E-state index >= 15 is 0 Å². The SMILES string of the molecule is CCNCC(O)Cn1cnc2ccc([N+](=O)[O-])cc2c1=O. The minimum Gasteiger partial charge on any atom is -0.390 e. The van der Waals surface area contributed by atoms with Crippen molar-refractivity contribution >= 4 is 16.6 Å². The quantitative estimate of drug-likeness (QED) is 0.584. The minimum atomic E-state index is -0.736. The molecular weight excluding hydrogens is 276 g/mol. The zero-order chi connectivity index (χ0) is 15.4. The van der Waals surface area contributed by atoms with Gasteiger partial charge in [-0.2, -0.15) is 0 Å². The summed E-state index contributed by atoms with van der Waals surface area (Å²) >= 11 is 0. The number of aliphatic hydroxyl groups excluding tert-OH is 1. The smallest absolute Gasteiger partial charge is 0.270 e. The van der Waals surface area contributed by atoms with Crippen LogP contribution < -0.4 is 10.9 Å². The summed E-state index contributed by atoms with van der Waals surface area (Å²) in [6.07, 6.45) is 0.603. The van der Waals surface area contributed by atoms with Gasteiger partial charge in [0.15, 0.2) is 0 Å². The van der Waals surface area contributed by atoms with Crippen LogP contribution in [0.4, 0.5) is 5.69 Å². The van der Waals surface area contributed by atoms with E-state index in [1.165, 1.54) is 29.1 Å². The summed E-state index contributed by atoms with van der Waals surface area (Å²) < 4.78 is 1.26. The van der Waals surface area contributed by atoms with Crippen LogP contribution in [0.5, 0.6) is 0 Å². The molecule has 0 aliphatic rings. The molecule has 1 unspecified atom stereocenters. The zero-order valence-electron chi connectivity index (χ0n) is 11.5. The first kappa shape index (κ1) is 15.1. The monoisotopic (exact) mass is 292 g/mol. The fraction of sp³-hybridized carbons (Fsp3) is 0.385. The number of nitro benzene ring substituents is 1. The average Bonchev–Trinajstić information content (AvgIpc) is 2.47. The van der Waals surface area contributed by atoms with E-state index in [1.54, 1.807) is 0 Å². The van der Waals surface area contributed by atoms with Crippen molar-refractivity contribution in [2.24, 2.45) is 0 Å². The van der Waals surface area contributed by atoms with Crippen LogP contribution in [-0.4, -0.2) is 38.8 Å². The van der Waals surface area contributed by atoms with Gasteiger partial charge < -0.3 is 10.4 Å². The lowest BCUT2D eigenvalue weighted by molar-refractivity contribution is -0.384. The van der Waals surface area contributed by atoms with Crippen molar-refractivity contribution in [1.82, 2.24) is 14.9 Å². The second-order valence-corrected chi connectivity index (χ2v) is 4.62. The third-order valence-corrected chi connectivity index (χ3v) is 3.06. The highest BCUT2D eigenvalue weighted by atomic mass is 16.6. The molecule has 8 nitrogen and oxygen atoms in total. The van der Waals surface area contributed by atoms with Crippen molar-refractivity contribution in [1.29, 1.82) is 0 Å². The van der Waals surface area contributed by atoms with Gasteiger partial charge in [-0.15, -0.1) is 0 Å². The van der Waals surface area contributed by atoms with Crippen molar-refractivity contribution in [2.45, 2.75) is 19.6 Å². The molecular formula is C13H16N4O4. The molecule has 2 rings (SSSR count). The molecule has 1 heterocycles. The Labute approximate surface area is 120 Å². The number of non-ortho nitro benzene ring substituents is 1. The summed E-state index contributed by atoms with van der Waals surface area (Å²) in [5.41, 5.74) is -0.172. The number of nitrogens with zero attached hydrogens (tertiary/aromatic N) is 3. The molecule has 21 heavy (non-hydrogen) atoms. The first-order valence-electron chi connectivity index (χ1n) is 6.55. The number of rotatable bonds is 6. The predicted molar refractivity (Wildman–Crippen MR) is 77.2 cm³/mol. The Bertz CT molecular complexity index is 713. The topological polar surface area (TPSA) is 110 Å². The molecule has 0 amide bonds. The van der Waals surface area contributed by atoms with Gasteiger partial charge in [0, 0.05) is 18.7 Å². The van der Waals surface area contributed by atoms with Crippen LogP contribution in [0.1, 0.15) is 6.92 Å². The number of likely N-dealkylation sites (N-methyl/N-ethyl adjacent to an activating group) is 1. The van der Waals surface area contributed by atoms with E-state index in [-0.39, 0.29) is 17.6 Å². The Hall–Kier alpha value is -2.32. The normalized spacial score (nSPS) is 12.5. The Balaban J connectivity index is 2.36. The molecule has 0 aliphatic heterocycles. The molecule has 8 heteroatoms. The lowest BCUT2D eigenvalue weighted by Crippen LogP contribution is -2.33. The van der Waals surface area contributed by atoms with E-state index in [9.17, 15) is 20.0 Å². The predicted octanol–water partition coefficient (Wildman–Crippen LogP) is 0.275. The van der Waals surface area contributed by atoms with E-state index in [2.05, 4.69) is 10.3 Å². The molecule has 0 spiro atoms. The average molecular weight is 292 g/mol. The number of hydrogen-bond acceptors (Lipinski definition) is 6. The Morgan fingerprint density at radius 1 is 1.52 bits per heavy atom. The van der Waals surface area contributed by atoms with Gasteiger partial charge in [-0.3, -0.25) is 19.5 Å². The summed E-state index contributed by atoms with van der Waals surface area (Å²) in [4.78, 5) is 26.6. The maximum atomic E-state index is 12.3. The molecule has 1 atom stereocenters. The fourth-order valence-corrected chi connectivity index (χ4v) is 1.99. The summed E-state index contributed by atoms with van der Waals surface area (Å²) in [7, 11) is 0. The van der Waals surface area contributed by atoms with Crippen LogP contribution in [0.3, 0.4) is 0 Å². The highest BCUT2D eigenvalue weighted by Crippen LogP contribution is 2.16. The van der Waals surface area contributed by atoms with E-state index < -0.39 is 16.6 Å². The van der Waals surface area contributed by atoms with E-state index in [0.29, 0.717) is 18.6 Å². The molecule has 1 aromatic heterocycles. The largest absolute Gasteiger partial charge is 0.390 e. The summed E-state index contributed by atoms with van der Waals surface area (Å²) in [5, 5.41) is 23.7. The van der Waals surface area contributed by atoms with Crippen LogP contribution >= 0.6 is 0 Å². The number of nitro groups is 1. The molecule has 0 aliphatic carbocycles. The van der Waals surface area contributed by atoms with Crippen LogP contribution in [0.2, 0.25) is 0 Å². The Morgan fingerprint density at radius 3 is 2.95 bits per heavy atom. The maximum absolute atomic E-state index is 12.3. The zero-order valence-corrected chi connectivity index (χ0v) is 11.5. The van der Waals surface area contributed by atoms with E-state index in [1.807, 2.05) is 6.92 Å². The lowest BCUT2D eigenvalue weighted by Gasteiger charge is -2.12. The van der Waals surface area contributed by atoms with Crippen LogP contribution in [0.15, 0.2) is 29.3 Å². The van der Waals surface area contributed by atoms with Gasteiger partial charge in [0.2, 0.25) is 0 Å². The fourth-order valence-electron chi connectivity index (χ4n) is 1.99. The molecule has 2 N–H and O–H groups in total. The third-order valence-electron chi connectivity index (χ3n) is 3.06. The van der Waals surface area contributed by atoms with Crippen molar-refractivity contribution < 1.29 is 10.0 Å². The van der Waals surface area contributed by atoms with Crippen LogP contribution in [0, 0.1) is 10.1 Å². The van der Waals surface area contributed by atoms with E-state index in [0.717, 1.165) is 0 Å². The molecule has 0 bridgehead atoms. The van der Waals surface area contributed by atoms with E-state index in [4.69, 9.17) is 0 Å². The first-order chi connectivity index (χ1) is 10.0. The molecule has 112 valence electrons. The van der Waals surface area contributed by atoms with Crippen molar-refractivity contribution in [3.63, 3.8) is 0 Å². The Kier molecular flexibility index (Phi) is 4.61. The highest BCUT2D eigenvalue weighted by molar-refractivity contribution is 5.79. The van der Waals surface area contributed by atoms with Crippen molar-refractivity contribution in [2.75, 3.05) is 13.1 Å². The number of aliphatic hydroxyl groups is 1. The van der Waals surface area contributed by atoms with Crippen molar-refractivity contribution in [3.05, 3.63) is 45.0 Å². The lowest BCUT2D eigenvalue weighted by atomic mass is 10.2. The molecule has 0 saturated heterocycles. The first-order valence-corrected chi connectivity index (χ1v) is 6.55. The molecule has 0 fully saturated rings. The molecule has 1 aromatic carbocycles. The molecule has 2 aromatic rings. The van der Waals surface area contributed by atoms with Gasteiger partial charge >= 0.3 is 0 Å². The number of benzene rings is 1. The van der Waals surface area contributed by atoms with Gasteiger partial charge in [-0.25, -0.2) is 4.98 Å². The maximum Gasteiger partial charge on any atom is 0.270 e. The van der Waals surface area contributed by atoms with Gasteiger partial charge in [-0.1, -0.05) is 6.92 Å². The van der Waals surface area contributed by atoms with Gasteiger partial charge in [0.25, 0.3) is 11.2 Å². The minimum absolute atomic E-state index is 0.0808. The van der Waals surface area contributed by atoms with Crippen LogP contribution in [-0.2, 0) is 6.54 Å². The number of fused-ring (bicyclic) bond motifs is 1. The van der Waals surface area contributed by atoms with Crippen molar-refractivity contribution in [3.8, 4) is 0 Å². The third kappa shape index (κ3) is 3.41.